The van der Waals surface area contributed by atoms with E-state index < -0.39 is 0 Å². The van der Waals surface area contributed by atoms with Crippen LogP contribution < -0.4 is 4.90 Å². The van der Waals surface area contributed by atoms with Crippen molar-refractivity contribution in [2.75, 3.05) is 37.7 Å². The first-order valence-corrected chi connectivity index (χ1v) is 6.88. The Morgan fingerprint density at radius 1 is 1.11 bits per heavy atom. The number of unbranched alkanes of at least 4 members (excludes halogenated alkanes) is 1. The predicted molar refractivity (Wildman–Crippen MR) is 80.2 cm³/mol. The average molecular weight is 264 g/mol. The van der Waals surface area contributed by atoms with E-state index in [9.17, 15) is 0 Å². The van der Waals surface area contributed by atoms with Crippen molar-refractivity contribution in [3.05, 3.63) is 29.8 Å². The predicted octanol–water partition coefficient (Wildman–Crippen LogP) is 1.70. The van der Waals surface area contributed by atoms with Crippen LogP contribution in [0.1, 0.15) is 25.3 Å². The molecule has 0 saturated carbocycles. The Morgan fingerprint density at radius 2 is 1.74 bits per heavy atom. The summed E-state index contributed by atoms with van der Waals surface area (Å²) in [6.07, 6.45) is 4.17. The van der Waals surface area contributed by atoms with Crippen LogP contribution >= 0.6 is 0 Å². The first-order valence-electron chi connectivity index (χ1n) is 6.88. The van der Waals surface area contributed by atoms with Crippen molar-refractivity contribution in [3.8, 4) is 0 Å². The van der Waals surface area contributed by atoms with E-state index in [1.807, 2.05) is 35.4 Å². The minimum Gasteiger partial charge on any atom is -0.395 e. The number of hydrogen-bond acceptors (Lipinski definition) is 4. The van der Waals surface area contributed by atoms with E-state index >= 15 is 0 Å². The molecule has 0 bridgehead atoms. The second-order valence-corrected chi connectivity index (χ2v) is 4.41. The summed E-state index contributed by atoms with van der Waals surface area (Å²) in [6, 6.07) is 8.00. The van der Waals surface area contributed by atoms with E-state index in [0.717, 1.165) is 30.6 Å². The zero-order chi connectivity index (χ0) is 13.9. The molecule has 19 heavy (non-hydrogen) atoms. The van der Waals surface area contributed by atoms with Crippen LogP contribution in [0.15, 0.2) is 29.3 Å². The highest BCUT2D eigenvalue weighted by atomic mass is 16.3. The molecule has 0 aliphatic rings. The first kappa shape index (κ1) is 15.7. The van der Waals surface area contributed by atoms with Crippen LogP contribution in [-0.2, 0) is 0 Å². The molecule has 0 spiro atoms. The van der Waals surface area contributed by atoms with Gasteiger partial charge in [0.25, 0.3) is 0 Å². The van der Waals surface area contributed by atoms with Gasteiger partial charge in [-0.15, -0.1) is 0 Å². The number of benzene rings is 1. The van der Waals surface area contributed by atoms with Crippen LogP contribution in [-0.4, -0.2) is 49.3 Å². The van der Waals surface area contributed by atoms with Crippen molar-refractivity contribution in [2.24, 2.45) is 4.99 Å². The van der Waals surface area contributed by atoms with Gasteiger partial charge in [0.15, 0.2) is 0 Å². The first-order chi connectivity index (χ1) is 9.31. The topological polar surface area (TPSA) is 56.1 Å². The molecule has 4 heteroatoms. The van der Waals surface area contributed by atoms with E-state index in [4.69, 9.17) is 10.2 Å². The molecule has 0 aliphatic carbocycles. The third-order valence-electron chi connectivity index (χ3n) is 2.88. The Kier molecular flexibility index (Phi) is 7.86. The highest BCUT2D eigenvalue weighted by Crippen LogP contribution is 2.14. The third-order valence-corrected chi connectivity index (χ3v) is 2.88. The summed E-state index contributed by atoms with van der Waals surface area (Å²) >= 11 is 0. The van der Waals surface area contributed by atoms with Gasteiger partial charge in [-0.3, -0.25) is 4.99 Å². The molecule has 1 aromatic rings. The summed E-state index contributed by atoms with van der Waals surface area (Å²) in [5.41, 5.74) is 2.08. The molecular weight excluding hydrogens is 240 g/mol. The third kappa shape index (κ3) is 5.85. The van der Waals surface area contributed by atoms with Crippen LogP contribution in [0.5, 0.6) is 0 Å². The smallest absolute Gasteiger partial charge is 0.0606 e. The quantitative estimate of drug-likeness (QED) is 0.527. The summed E-state index contributed by atoms with van der Waals surface area (Å²) in [4.78, 5) is 6.32. The molecule has 0 atom stereocenters. The average Bonchev–Trinajstić information content (AvgIpc) is 2.44. The molecule has 0 saturated heterocycles. The van der Waals surface area contributed by atoms with Crippen LogP contribution in [0.3, 0.4) is 0 Å². The second-order valence-electron chi connectivity index (χ2n) is 4.41. The molecule has 0 fully saturated rings. The summed E-state index contributed by atoms with van der Waals surface area (Å²) < 4.78 is 0. The van der Waals surface area contributed by atoms with E-state index in [0.29, 0.717) is 13.1 Å². The molecule has 1 aromatic carbocycles. The standard InChI is InChI=1S/C15H24N2O2/c1-2-3-8-16-13-14-4-6-15(7-5-14)17(9-11-18)10-12-19/h4-7,13,18-19H,2-3,8-12H2,1H3. The van der Waals surface area contributed by atoms with E-state index in [1.54, 1.807) is 0 Å². The molecule has 1 rings (SSSR count). The lowest BCUT2D eigenvalue weighted by molar-refractivity contribution is 0.281. The highest BCUT2D eigenvalue weighted by molar-refractivity contribution is 5.80. The molecule has 0 aromatic heterocycles. The van der Waals surface area contributed by atoms with Gasteiger partial charge in [-0.25, -0.2) is 0 Å². The SMILES string of the molecule is CCCCN=Cc1ccc(N(CCO)CCO)cc1. The molecule has 2 N–H and O–H groups in total. The van der Waals surface area contributed by atoms with Crippen LogP contribution in [0.2, 0.25) is 0 Å². The lowest BCUT2D eigenvalue weighted by atomic mass is 10.2. The summed E-state index contributed by atoms with van der Waals surface area (Å²) in [7, 11) is 0. The number of aliphatic hydroxyl groups is 2. The second kappa shape index (κ2) is 9.53. The maximum atomic E-state index is 9.00. The molecule has 0 radical (unpaired) electrons. The van der Waals surface area contributed by atoms with Gasteiger partial charge in [0.1, 0.15) is 0 Å². The lowest BCUT2D eigenvalue weighted by Gasteiger charge is -2.22. The summed E-state index contributed by atoms with van der Waals surface area (Å²) in [5, 5.41) is 18.0. The largest absolute Gasteiger partial charge is 0.395 e. The molecule has 0 aliphatic heterocycles. The van der Waals surface area contributed by atoms with Gasteiger partial charge >= 0.3 is 0 Å². The number of anilines is 1. The van der Waals surface area contributed by atoms with Crippen molar-refractivity contribution in [1.29, 1.82) is 0 Å². The zero-order valence-corrected chi connectivity index (χ0v) is 11.6. The molecule has 0 heterocycles. The Morgan fingerprint density at radius 3 is 2.26 bits per heavy atom. The number of rotatable bonds is 9. The number of aliphatic imine (C=N–C) groups is 1. The molecule has 4 nitrogen and oxygen atoms in total. The maximum absolute atomic E-state index is 9.00. The van der Waals surface area contributed by atoms with Crippen molar-refractivity contribution in [1.82, 2.24) is 0 Å². The zero-order valence-electron chi connectivity index (χ0n) is 11.6. The Bertz CT molecular complexity index is 357. The Hall–Kier alpha value is -1.39. The van der Waals surface area contributed by atoms with Crippen LogP contribution in [0.4, 0.5) is 5.69 Å². The van der Waals surface area contributed by atoms with Crippen molar-refractivity contribution < 1.29 is 10.2 Å². The minimum absolute atomic E-state index is 0.0836. The summed E-state index contributed by atoms with van der Waals surface area (Å²) in [6.45, 7) is 4.26. The number of aliphatic hydroxyl groups excluding tert-OH is 2. The maximum Gasteiger partial charge on any atom is 0.0606 e. The molecular formula is C15H24N2O2. The Labute approximate surface area is 115 Å². The fourth-order valence-corrected chi connectivity index (χ4v) is 1.80. The van der Waals surface area contributed by atoms with Crippen molar-refractivity contribution >= 4 is 11.9 Å². The number of hydrogen-bond donors (Lipinski definition) is 2. The normalized spacial score (nSPS) is 11.1. The van der Waals surface area contributed by atoms with Gasteiger partial charge in [0, 0.05) is 31.5 Å². The fraction of sp³-hybridized carbons (Fsp3) is 0.533. The number of nitrogens with zero attached hydrogens (tertiary/aromatic N) is 2. The molecule has 106 valence electrons. The molecule has 0 unspecified atom stereocenters. The van der Waals surface area contributed by atoms with Gasteiger partial charge in [-0.1, -0.05) is 25.5 Å². The van der Waals surface area contributed by atoms with Crippen molar-refractivity contribution in [2.45, 2.75) is 19.8 Å². The van der Waals surface area contributed by atoms with Gasteiger partial charge < -0.3 is 15.1 Å². The monoisotopic (exact) mass is 264 g/mol. The van der Waals surface area contributed by atoms with Gasteiger partial charge in [0.2, 0.25) is 0 Å². The van der Waals surface area contributed by atoms with Gasteiger partial charge in [-0.05, 0) is 24.1 Å². The fourth-order valence-electron chi connectivity index (χ4n) is 1.80. The van der Waals surface area contributed by atoms with Gasteiger partial charge in [-0.2, -0.15) is 0 Å². The van der Waals surface area contributed by atoms with E-state index in [1.165, 1.54) is 0 Å². The van der Waals surface area contributed by atoms with Crippen molar-refractivity contribution in [3.63, 3.8) is 0 Å². The van der Waals surface area contributed by atoms with E-state index in [-0.39, 0.29) is 13.2 Å². The highest BCUT2D eigenvalue weighted by Gasteiger charge is 2.04. The summed E-state index contributed by atoms with van der Waals surface area (Å²) in [5.74, 6) is 0. The Balaban J connectivity index is 2.60. The molecule has 0 amide bonds. The van der Waals surface area contributed by atoms with E-state index in [2.05, 4.69) is 11.9 Å². The minimum atomic E-state index is 0.0836. The van der Waals surface area contributed by atoms with Crippen LogP contribution in [0, 0.1) is 0 Å². The van der Waals surface area contributed by atoms with Gasteiger partial charge in [0.05, 0.1) is 13.2 Å². The van der Waals surface area contributed by atoms with Crippen LogP contribution in [0.25, 0.3) is 0 Å². The lowest BCUT2D eigenvalue weighted by Crippen LogP contribution is -2.29.